The fraction of sp³-hybridized carbons (Fsp3) is 0.300. The average Bonchev–Trinajstić information content (AvgIpc) is 3.30. The van der Waals surface area contributed by atoms with Crippen molar-refractivity contribution in [2.75, 3.05) is 17.7 Å². The molecule has 0 fully saturated rings. The summed E-state index contributed by atoms with van der Waals surface area (Å²) in [7, 11) is 0. The van der Waals surface area contributed by atoms with Gasteiger partial charge < -0.3 is 14.0 Å². The van der Waals surface area contributed by atoms with Gasteiger partial charge in [0.15, 0.2) is 10.1 Å². The number of benzene rings is 1. The second-order valence-corrected chi connectivity index (χ2v) is 8.62. The first-order valence-electron chi connectivity index (χ1n) is 9.46. The third-order valence-electron chi connectivity index (χ3n) is 4.27. The summed E-state index contributed by atoms with van der Waals surface area (Å²) in [6.45, 7) is 2.73. The molecule has 3 aromatic rings. The van der Waals surface area contributed by atoms with Gasteiger partial charge in [-0.25, -0.2) is 4.79 Å². The molecule has 0 bridgehead atoms. The van der Waals surface area contributed by atoms with Gasteiger partial charge in [-0.05, 0) is 51.1 Å². The van der Waals surface area contributed by atoms with Gasteiger partial charge in [0.2, 0.25) is 5.13 Å². The van der Waals surface area contributed by atoms with Crippen molar-refractivity contribution in [3.05, 3.63) is 47.3 Å². The minimum absolute atomic E-state index is 0.0628. The molecule has 8 nitrogen and oxygen atoms in total. The van der Waals surface area contributed by atoms with E-state index in [-0.39, 0.29) is 29.0 Å². The number of Topliss-reactive ketones (excluding diaryl/α,β-unsaturated/α-hetero) is 1. The molecule has 170 valence electrons. The SMILES string of the molecule is CCOC(=O)Nc1nnc(SCC(=O)c2cc(C)n(-c3ccc(OC(F)F)cc3)c2C)s1. The van der Waals surface area contributed by atoms with E-state index in [2.05, 4.69) is 20.3 Å². The van der Waals surface area contributed by atoms with Gasteiger partial charge >= 0.3 is 12.7 Å². The van der Waals surface area contributed by atoms with Crippen LogP contribution in [-0.2, 0) is 4.74 Å². The number of halogens is 2. The Bertz CT molecular complexity index is 1100. The largest absolute Gasteiger partial charge is 0.450 e. The molecule has 1 amide bonds. The van der Waals surface area contributed by atoms with Gasteiger partial charge in [0.05, 0.1) is 12.4 Å². The molecule has 0 saturated heterocycles. The first-order valence-corrected chi connectivity index (χ1v) is 11.3. The first-order chi connectivity index (χ1) is 15.3. The standard InChI is InChI=1S/C20H20F2N4O4S2/c1-4-29-19(28)23-18-24-25-20(32-18)31-10-16(27)15-9-11(2)26(12(15)3)13-5-7-14(8-6-13)30-17(21)22/h5-9,17H,4,10H2,1-3H3,(H,23,24,28). The maximum Gasteiger partial charge on any atom is 0.413 e. The van der Waals surface area contributed by atoms with Gasteiger partial charge in [-0.3, -0.25) is 10.1 Å². The van der Waals surface area contributed by atoms with E-state index >= 15 is 0 Å². The number of nitrogens with one attached hydrogen (secondary N) is 1. The second-order valence-electron chi connectivity index (χ2n) is 6.42. The lowest BCUT2D eigenvalue weighted by Crippen LogP contribution is -2.12. The lowest BCUT2D eigenvalue weighted by molar-refractivity contribution is -0.0498. The van der Waals surface area contributed by atoms with Crippen molar-refractivity contribution in [2.24, 2.45) is 0 Å². The molecule has 1 aromatic carbocycles. The summed E-state index contributed by atoms with van der Waals surface area (Å²) in [5.74, 6) is 0.106. The van der Waals surface area contributed by atoms with Gasteiger partial charge in [0.1, 0.15) is 5.75 Å². The lowest BCUT2D eigenvalue weighted by Gasteiger charge is -2.11. The minimum Gasteiger partial charge on any atom is -0.450 e. The van der Waals surface area contributed by atoms with Gasteiger partial charge in [-0.15, -0.1) is 10.2 Å². The van der Waals surface area contributed by atoms with Crippen LogP contribution in [0.3, 0.4) is 0 Å². The molecular weight excluding hydrogens is 462 g/mol. The molecule has 1 N–H and O–H groups in total. The van der Waals surface area contributed by atoms with Crippen LogP contribution in [0, 0.1) is 13.8 Å². The number of aryl methyl sites for hydroxylation is 1. The van der Waals surface area contributed by atoms with Crippen LogP contribution in [0.2, 0.25) is 0 Å². The van der Waals surface area contributed by atoms with E-state index in [1.165, 1.54) is 23.9 Å². The van der Waals surface area contributed by atoms with Crippen LogP contribution in [0.15, 0.2) is 34.7 Å². The topological polar surface area (TPSA) is 95.3 Å². The van der Waals surface area contributed by atoms with Gasteiger partial charge in [-0.1, -0.05) is 23.1 Å². The smallest absolute Gasteiger partial charge is 0.413 e. The number of aromatic nitrogens is 3. The molecular formula is C20H20F2N4O4S2. The summed E-state index contributed by atoms with van der Waals surface area (Å²) in [4.78, 5) is 24.2. The van der Waals surface area contributed by atoms with E-state index in [9.17, 15) is 18.4 Å². The van der Waals surface area contributed by atoms with Gasteiger partial charge in [0.25, 0.3) is 0 Å². The molecule has 0 radical (unpaired) electrons. The molecule has 12 heteroatoms. The molecule has 2 heterocycles. The molecule has 3 rings (SSSR count). The predicted molar refractivity (Wildman–Crippen MR) is 117 cm³/mol. The van der Waals surface area contributed by atoms with Gasteiger partial charge in [-0.2, -0.15) is 8.78 Å². The Morgan fingerprint density at radius 1 is 1.22 bits per heavy atom. The Balaban J connectivity index is 1.67. The quantitative estimate of drug-likeness (QED) is 0.258. The highest BCUT2D eigenvalue weighted by Gasteiger charge is 2.18. The molecule has 0 aliphatic carbocycles. The zero-order valence-corrected chi connectivity index (χ0v) is 19.1. The van der Waals surface area contributed by atoms with Crippen molar-refractivity contribution >= 4 is 40.1 Å². The van der Waals surface area contributed by atoms with Gasteiger partial charge in [0, 0.05) is 22.6 Å². The predicted octanol–water partition coefficient (Wildman–Crippen LogP) is 5.09. The zero-order chi connectivity index (χ0) is 23.3. The highest BCUT2D eigenvalue weighted by Crippen LogP contribution is 2.28. The molecule has 0 saturated carbocycles. The zero-order valence-electron chi connectivity index (χ0n) is 17.4. The number of thioether (sulfide) groups is 1. The number of ketones is 1. The maximum absolute atomic E-state index is 12.8. The fourth-order valence-electron chi connectivity index (χ4n) is 3.00. The number of carbonyl (C=O) groups is 2. The summed E-state index contributed by atoms with van der Waals surface area (Å²) < 4.78 is 36.3. The number of ether oxygens (including phenoxy) is 2. The average molecular weight is 483 g/mol. The molecule has 2 aromatic heterocycles. The normalized spacial score (nSPS) is 10.9. The summed E-state index contributed by atoms with van der Waals surface area (Å²) in [6.07, 6.45) is -0.613. The van der Waals surface area contributed by atoms with Crippen molar-refractivity contribution in [2.45, 2.75) is 31.7 Å². The van der Waals surface area contributed by atoms with Crippen molar-refractivity contribution in [1.29, 1.82) is 0 Å². The molecule has 0 aliphatic rings. The Morgan fingerprint density at radius 2 is 1.94 bits per heavy atom. The van der Waals surface area contributed by atoms with Crippen molar-refractivity contribution < 1.29 is 27.8 Å². The van der Waals surface area contributed by atoms with Crippen LogP contribution in [-0.4, -0.2) is 45.6 Å². The van der Waals surface area contributed by atoms with Crippen LogP contribution in [0.1, 0.15) is 28.7 Å². The number of nitrogens with zero attached hydrogens (tertiary/aromatic N) is 3. The minimum atomic E-state index is -2.89. The van der Waals surface area contributed by atoms with Crippen LogP contribution in [0.4, 0.5) is 18.7 Å². The Labute approximate surface area is 190 Å². The summed E-state index contributed by atoms with van der Waals surface area (Å²) in [5, 5.41) is 10.6. The van der Waals surface area contributed by atoms with Crippen molar-refractivity contribution in [3.63, 3.8) is 0 Å². The first kappa shape index (κ1) is 23.7. The highest BCUT2D eigenvalue weighted by atomic mass is 32.2. The number of hydrogen-bond donors (Lipinski definition) is 1. The number of rotatable bonds is 9. The molecule has 0 atom stereocenters. The van der Waals surface area contributed by atoms with E-state index in [0.29, 0.717) is 9.90 Å². The number of alkyl halides is 2. The Morgan fingerprint density at radius 3 is 2.59 bits per heavy atom. The molecule has 0 unspecified atom stereocenters. The Kier molecular flexibility index (Phi) is 7.80. The maximum atomic E-state index is 12.8. The van der Waals surface area contributed by atoms with E-state index in [4.69, 9.17) is 4.74 Å². The molecule has 32 heavy (non-hydrogen) atoms. The van der Waals surface area contributed by atoms with E-state index < -0.39 is 12.7 Å². The fourth-order valence-corrected chi connectivity index (χ4v) is 4.62. The molecule has 0 spiro atoms. The summed E-state index contributed by atoms with van der Waals surface area (Å²) in [5.41, 5.74) is 2.84. The Hall–Kier alpha value is -2.99. The van der Waals surface area contributed by atoms with E-state index in [1.54, 1.807) is 25.1 Å². The van der Waals surface area contributed by atoms with Crippen LogP contribution in [0.25, 0.3) is 5.69 Å². The van der Waals surface area contributed by atoms with Crippen LogP contribution < -0.4 is 10.1 Å². The number of hydrogen-bond acceptors (Lipinski definition) is 8. The third kappa shape index (κ3) is 5.82. The molecule has 0 aliphatic heterocycles. The summed E-state index contributed by atoms with van der Waals surface area (Å²) in [6, 6.07) is 8.00. The van der Waals surface area contributed by atoms with Crippen LogP contribution in [0.5, 0.6) is 5.75 Å². The number of carbonyl (C=O) groups excluding carboxylic acids is 2. The van der Waals surface area contributed by atoms with Crippen molar-refractivity contribution in [1.82, 2.24) is 14.8 Å². The number of anilines is 1. The van der Waals surface area contributed by atoms with E-state index in [0.717, 1.165) is 28.4 Å². The van der Waals surface area contributed by atoms with Crippen molar-refractivity contribution in [3.8, 4) is 11.4 Å². The highest BCUT2D eigenvalue weighted by molar-refractivity contribution is 8.01. The second kappa shape index (κ2) is 10.6. The number of amides is 1. The van der Waals surface area contributed by atoms with Crippen LogP contribution >= 0.6 is 23.1 Å². The summed E-state index contributed by atoms with van der Waals surface area (Å²) >= 11 is 2.36. The monoisotopic (exact) mass is 482 g/mol. The lowest BCUT2D eigenvalue weighted by atomic mass is 10.2. The third-order valence-corrected chi connectivity index (χ3v) is 6.24. The van der Waals surface area contributed by atoms with E-state index in [1.807, 2.05) is 18.4 Å².